The highest BCUT2D eigenvalue weighted by Gasteiger charge is 2.12. The summed E-state index contributed by atoms with van der Waals surface area (Å²) in [7, 11) is 0. The molecule has 0 aliphatic rings. The Morgan fingerprint density at radius 2 is 1.88 bits per heavy atom. The second-order valence-corrected chi connectivity index (χ2v) is 6.64. The van der Waals surface area contributed by atoms with E-state index in [1.807, 2.05) is 26.0 Å². The molecule has 0 saturated carbocycles. The van der Waals surface area contributed by atoms with Crippen molar-refractivity contribution in [3.05, 3.63) is 75.5 Å². The molecule has 2 N–H and O–H groups in total. The number of amides is 1. The van der Waals surface area contributed by atoms with Crippen LogP contribution in [0.3, 0.4) is 0 Å². The van der Waals surface area contributed by atoms with Gasteiger partial charge in [-0.05, 0) is 55.3 Å². The summed E-state index contributed by atoms with van der Waals surface area (Å²) >= 11 is 12.2. The van der Waals surface area contributed by atoms with Gasteiger partial charge in [0.05, 0.1) is 10.7 Å². The van der Waals surface area contributed by atoms with Gasteiger partial charge in [-0.3, -0.25) is 4.79 Å². The number of halogens is 2. The summed E-state index contributed by atoms with van der Waals surface area (Å²) in [4.78, 5) is 20.8. The van der Waals surface area contributed by atoms with Crippen molar-refractivity contribution in [2.24, 2.45) is 0 Å². The van der Waals surface area contributed by atoms with Crippen LogP contribution in [0.2, 0.25) is 10.0 Å². The molecule has 0 aliphatic heterocycles. The molecule has 3 aromatic rings. The van der Waals surface area contributed by atoms with Crippen molar-refractivity contribution in [2.75, 3.05) is 10.6 Å². The minimum absolute atomic E-state index is 0.225. The van der Waals surface area contributed by atoms with Crippen LogP contribution in [0.1, 0.15) is 21.6 Å². The second kappa shape index (κ2) is 7.72. The molecule has 0 unspecified atom stereocenters. The van der Waals surface area contributed by atoms with Crippen molar-refractivity contribution in [3.8, 4) is 0 Å². The zero-order valence-electron chi connectivity index (χ0n) is 14.2. The van der Waals surface area contributed by atoms with Crippen LogP contribution in [-0.2, 0) is 0 Å². The molecule has 0 saturated heterocycles. The first kappa shape index (κ1) is 18.2. The largest absolute Gasteiger partial charge is 0.323 e. The minimum atomic E-state index is -0.357. The quantitative estimate of drug-likeness (QED) is 0.629. The molecule has 0 aliphatic carbocycles. The molecule has 0 bridgehead atoms. The maximum atomic E-state index is 12.4. The lowest BCUT2D eigenvalue weighted by Gasteiger charge is -2.12. The lowest BCUT2D eigenvalue weighted by atomic mass is 10.1. The number of nitrogens with zero attached hydrogens (tertiary/aromatic N) is 2. The molecule has 26 heavy (non-hydrogen) atoms. The molecule has 0 atom stereocenters. The van der Waals surface area contributed by atoms with Crippen LogP contribution in [0.4, 0.5) is 17.3 Å². The van der Waals surface area contributed by atoms with E-state index in [0.29, 0.717) is 21.4 Å². The molecule has 0 fully saturated rings. The molecule has 0 spiro atoms. The number of nitrogens with one attached hydrogen (secondary N) is 2. The highest BCUT2D eigenvalue weighted by atomic mass is 35.5. The highest BCUT2D eigenvalue weighted by molar-refractivity contribution is 6.33. The highest BCUT2D eigenvalue weighted by Crippen LogP contribution is 2.29. The van der Waals surface area contributed by atoms with Crippen molar-refractivity contribution in [1.29, 1.82) is 0 Å². The van der Waals surface area contributed by atoms with E-state index in [9.17, 15) is 4.79 Å². The summed E-state index contributed by atoms with van der Waals surface area (Å²) in [6, 6.07) is 12.3. The zero-order chi connectivity index (χ0) is 18.7. The third kappa shape index (κ3) is 4.31. The molecule has 7 heteroatoms. The van der Waals surface area contributed by atoms with Crippen LogP contribution in [0, 0.1) is 13.8 Å². The summed E-state index contributed by atoms with van der Waals surface area (Å²) in [5.41, 5.74) is 3.56. The van der Waals surface area contributed by atoms with Gasteiger partial charge in [-0.2, -0.15) is 0 Å². The summed E-state index contributed by atoms with van der Waals surface area (Å²) in [6.07, 6.45) is 1.51. The third-order valence-electron chi connectivity index (χ3n) is 3.64. The van der Waals surface area contributed by atoms with Crippen LogP contribution in [0.15, 0.2) is 48.7 Å². The van der Waals surface area contributed by atoms with E-state index in [-0.39, 0.29) is 17.5 Å². The van der Waals surface area contributed by atoms with Crippen molar-refractivity contribution < 1.29 is 4.79 Å². The van der Waals surface area contributed by atoms with Gasteiger partial charge in [0.1, 0.15) is 5.69 Å². The fourth-order valence-electron chi connectivity index (χ4n) is 2.49. The molecule has 1 aromatic heterocycles. The van der Waals surface area contributed by atoms with Crippen LogP contribution in [0.25, 0.3) is 0 Å². The Hall–Kier alpha value is -2.63. The lowest BCUT2D eigenvalue weighted by molar-refractivity contribution is 0.102. The van der Waals surface area contributed by atoms with Gasteiger partial charge in [-0.1, -0.05) is 35.3 Å². The van der Waals surface area contributed by atoms with E-state index in [0.717, 1.165) is 11.1 Å². The van der Waals surface area contributed by atoms with Gasteiger partial charge < -0.3 is 10.6 Å². The number of rotatable bonds is 4. The second-order valence-electron chi connectivity index (χ2n) is 5.79. The Morgan fingerprint density at radius 3 is 2.62 bits per heavy atom. The van der Waals surface area contributed by atoms with E-state index in [4.69, 9.17) is 23.2 Å². The molecule has 1 heterocycles. The number of hydrogen-bond acceptors (Lipinski definition) is 4. The van der Waals surface area contributed by atoms with Gasteiger partial charge >= 0.3 is 0 Å². The van der Waals surface area contributed by atoms with Crippen LogP contribution < -0.4 is 10.6 Å². The zero-order valence-corrected chi connectivity index (χ0v) is 15.7. The number of carbonyl (C=O) groups is 1. The van der Waals surface area contributed by atoms with Crippen LogP contribution in [-0.4, -0.2) is 15.9 Å². The normalized spacial score (nSPS) is 10.5. The maximum Gasteiger partial charge on any atom is 0.274 e. The monoisotopic (exact) mass is 386 g/mol. The summed E-state index contributed by atoms with van der Waals surface area (Å²) in [5.74, 6) is -0.0676. The SMILES string of the molecule is Cc1cc(C)c(Nc2nccc(C(=O)Nc3cccc(Cl)c3)n2)c(Cl)c1. The van der Waals surface area contributed by atoms with Gasteiger partial charge in [-0.15, -0.1) is 0 Å². The predicted molar refractivity (Wildman–Crippen MR) is 106 cm³/mol. The van der Waals surface area contributed by atoms with Gasteiger partial charge in [-0.25, -0.2) is 9.97 Å². The number of carbonyl (C=O) groups excluding carboxylic acids is 1. The Morgan fingerprint density at radius 1 is 1.08 bits per heavy atom. The van der Waals surface area contributed by atoms with E-state index in [1.54, 1.807) is 24.3 Å². The number of benzene rings is 2. The predicted octanol–water partition coefficient (Wildman–Crippen LogP) is 5.40. The Kier molecular flexibility index (Phi) is 5.40. The third-order valence-corrected chi connectivity index (χ3v) is 4.17. The molecule has 0 radical (unpaired) electrons. The van der Waals surface area contributed by atoms with Crippen LogP contribution >= 0.6 is 23.2 Å². The van der Waals surface area contributed by atoms with E-state index >= 15 is 0 Å². The first-order valence-electron chi connectivity index (χ1n) is 7.86. The fourth-order valence-corrected chi connectivity index (χ4v) is 3.05. The average Bonchev–Trinajstić information content (AvgIpc) is 2.58. The van der Waals surface area contributed by atoms with Crippen molar-refractivity contribution in [2.45, 2.75) is 13.8 Å². The van der Waals surface area contributed by atoms with Gasteiger partial charge in [0.25, 0.3) is 5.91 Å². The standard InChI is InChI=1S/C19H16Cl2N4O/c1-11-8-12(2)17(15(21)9-11)25-19-22-7-6-16(24-19)18(26)23-14-5-3-4-13(20)10-14/h3-10H,1-2H3,(H,23,26)(H,22,24,25). The van der Waals surface area contributed by atoms with Crippen LogP contribution in [0.5, 0.6) is 0 Å². The first-order valence-corrected chi connectivity index (χ1v) is 8.62. The van der Waals surface area contributed by atoms with E-state index in [1.165, 1.54) is 12.3 Å². The Balaban J connectivity index is 1.81. The summed E-state index contributed by atoms with van der Waals surface area (Å²) in [5, 5.41) is 6.94. The molecule has 1 amide bonds. The summed E-state index contributed by atoms with van der Waals surface area (Å²) < 4.78 is 0. The van der Waals surface area contributed by atoms with Gasteiger partial charge in [0.15, 0.2) is 0 Å². The van der Waals surface area contributed by atoms with Crippen molar-refractivity contribution in [1.82, 2.24) is 9.97 Å². The maximum absolute atomic E-state index is 12.4. The minimum Gasteiger partial charge on any atom is -0.323 e. The number of anilines is 3. The number of aromatic nitrogens is 2. The van der Waals surface area contributed by atoms with Gasteiger partial charge in [0.2, 0.25) is 5.95 Å². The Bertz CT molecular complexity index is 952. The average molecular weight is 387 g/mol. The molecular formula is C19H16Cl2N4O. The topological polar surface area (TPSA) is 66.9 Å². The van der Waals surface area contributed by atoms with Crippen molar-refractivity contribution >= 4 is 46.4 Å². The summed E-state index contributed by atoms with van der Waals surface area (Å²) in [6.45, 7) is 3.91. The first-order chi connectivity index (χ1) is 12.4. The van der Waals surface area contributed by atoms with Crippen molar-refractivity contribution in [3.63, 3.8) is 0 Å². The lowest BCUT2D eigenvalue weighted by Crippen LogP contribution is -2.14. The molecular weight excluding hydrogens is 371 g/mol. The Labute approximate surface area is 161 Å². The molecule has 132 valence electrons. The molecule has 5 nitrogen and oxygen atoms in total. The van der Waals surface area contributed by atoms with E-state index in [2.05, 4.69) is 20.6 Å². The number of aryl methyl sites for hydroxylation is 2. The smallest absolute Gasteiger partial charge is 0.274 e. The fraction of sp³-hybridized carbons (Fsp3) is 0.105. The molecule has 2 aromatic carbocycles. The van der Waals surface area contributed by atoms with E-state index < -0.39 is 0 Å². The van der Waals surface area contributed by atoms with Gasteiger partial charge in [0, 0.05) is 16.9 Å². The molecule has 3 rings (SSSR count). The number of hydrogen-bond donors (Lipinski definition) is 2.